The molecule has 0 bridgehead atoms. The van der Waals surface area contributed by atoms with Crippen LogP contribution in [0.25, 0.3) is 0 Å². The van der Waals surface area contributed by atoms with Crippen LogP contribution in [-0.2, 0) is 0 Å². The molecule has 2 unspecified atom stereocenters. The van der Waals surface area contributed by atoms with Gasteiger partial charge in [0.1, 0.15) is 11.8 Å². The van der Waals surface area contributed by atoms with E-state index in [0.717, 1.165) is 19.5 Å². The van der Waals surface area contributed by atoms with E-state index in [1.54, 1.807) is 19.1 Å². The summed E-state index contributed by atoms with van der Waals surface area (Å²) in [4.78, 5) is 18.9. The van der Waals surface area contributed by atoms with Crippen LogP contribution in [0.3, 0.4) is 0 Å². The van der Waals surface area contributed by atoms with E-state index in [1.165, 1.54) is 5.56 Å². The van der Waals surface area contributed by atoms with Gasteiger partial charge in [-0.1, -0.05) is 37.3 Å². The Balaban J connectivity index is 1.74. The SMILES string of the molecule is Cc1nc(C#N)ccc1C(=O)N1CCC(c2ccccc2)C(C)C1. The molecule has 2 atom stereocenters. The molecule has 1 aromatic heterocycles. The van der Waals surface area contributed by atoms with Gasteiger partial charge in [0.05, 0.1) is 11.3 Å². The van der Waals surface area contributed by atoms with Crippen molar-refractivity contribution in [3.05, 3.63) is 65.0 Å². The highest BCUT2D eigenvalue weighted by Crippen LogP contribution is 2.33. The third-order valence-corrected chi connectivity index (χ3v) is 4.85. The first-order valence-corrected chi connectivity index (χ1v) is 8.32. The molecule has 0 spiro atoms. The van der Waals surface area contributed by atoms with E-state index in [-0.39, 0.29) is 5.91 Å². The second-order valence-electron chi connectivity index (χ2n) is 6.48. The zero-order valence-electron chi connectivity index (χ0n) is 14.1. The zero-order chi connectivity index (χ0) is 17.1. The molecule has 1 aliphatic rings. The molecule has 1 amide bonds. The number of piperidine rings is 1. The Labute approximate surface area is 142 Å². The number of aryl methyl sites for hydroxylation is 1. The summed E-state index contributed by atoms with van der Waals surface area (Å²) in [5.74, 6) is 0.926. The molecular formula is C20H21N3O. The highest BCUT2D eigenvalue weighted by atomic mass is 16.2. The lowest BCUT2D eigenvalue weighted by atomic mass is 9.81. The molecule has 2 heterocycles. The van der Waals surface area contributed by atoms with E-state index in [1.807, 2.05) is 17.0 Å². The number of likely N-dealkylation sites (tertiary alicyclic amines) is 1. The topological polar surface area (TPSA) is 57.0 Å². The minimum atomic E-state index is 0.0165. The van der Waals surface area contributed by atoms with Gasteiger partial charge in [-0.05, 0) is 42.9 Å². The van der Waals surface area contributed by atoms with Gasteiger partial charge in [0, 0.05) is 13.1 Å². The van der Waals surface area contributed by atoms with Crippen molar-refractivity contribution in [3.8, 4) is 6.07 Å². The summed E-state index contributed by atoms with van der Waals surface area (Å²) < 4.78 is 0. The van der Waals surface area contributed by atoms with Crippen molar-refractivity contribution in [2.45, 2.75) is 26.2 Å². The molecule has 0 N–H and O–H groups in total. The molecule has 0 saturated carbocycles. The molecule has 4 heteroatoms. The van der Waals surface area contributed by atoms with Gasteiger partial charge in [-0.25, -0.2) is 4.98 Å². The lowest BCUT2D eigenvalue weighted by molar-refractivity contribution is 0.0659. The fraction of sp³-hybridized carbons (Fsp3) is 0.350. The number of rotatable bonds is 2. The summed E-state index contributed by atoms with van der Waals surface area (Å²) >= 11 is 0. The van der Waals surface area contributed by atoms with Crippen LogP contribution in [-0.4, -0.2) is 28.9 Å². The second kappa shape index (κ2) is 6.84. The Morgan fingerprint density at radius 2 is 2.00 bits per heavy atom. The van der Waals surface area contributed by atoms with Gasteiger partial charge < -0.3 is 4.90 Å². The minimum absolute atomic E-state index is 0.0165. The average Bonchev–Trinajstić information content (AvgIpc) is 2.61. The summed E-state index contributed by atoms with van der Waals surface area (Å²) in [6.07, 6.45) is 0.972. The molecule has 1 saturated heterocycles. The van der Waals surface area contributed by atoms with Gasteiger partial charge in [-0.15, -0.1) is 0 Å². The Morgan fingerprint density at radius 1 is 1.25 bits per heavy atom. The van der Waals surface area contributed by atoms with Gasteiger partial charge in [0.25, 0.3) is 5.91 Å². The third kappa shape index (κ3) is 3.16. The van der Waals surface area contributed by atoms with Crippen LogP contribution in [0.5, 0.6) is 0 Å². The first-order valence-electron chi connectivity index (χ1n) is 8.32. The van der Waals surface area contributed by atoms with Crippen LogP contribution >= 0.6 is 0 Å². The van der Waals surface area contributed by atoms with Gasteiger partial charge in [-0.3, -0.25) is 4.79 Å². The molecule has 2 aromatic rings. The van der Waals surface area contributed by atoms with Gasteiger partial charge in [0.2, 0.25) is 0 Å². The number of nitriles is 1. The van der Waals surface area contributed by atoms with E-state index >= 15 is 0 Å². The molecule has 24 heavy (non-hydrogen) atoms. The number of carbonyl (C=O) groups is 1. The molecule has 1 fully saturated rings. The maximum absolute atomic E-state index is 12.8. The largest absolute Gasteiger partial charge is 0.338 e. The van der Waals surface area contributed by atoms with Crippen LogP contribution in [0.15, 0.2) is 42.5 Å². The molecule has 0 radical (unpaired) electrons. The van der Waals surface area contributed by atoms with E-state index in [0.29, 0.717) is 28.8 Å². The van der Waals surface area contributed by atoms with Crippen molar-refractivity contribution in [2.75, 3.05) is 13.1 Å². The number of hydrogen-bond acceptors (Lipinski definition) is 3. The predicted octanol–water partition coefficient (Wildman–Crippen LogP) is 3.53. The van der Waals surface area contributed by atoms with Crippen molar-refractivity contribution in [3.63, 3.8) is 0 Å². The second-order valence-corrected chi connectivity index (χ2v) is 6.48. The normalized spacial score (nSPS) is 20.5. The van der Waals surface area contributed by atoms with Gasteiger partial charge >= 0.3 is 0 Å². The monoisotopic (exact) mass is 319 g/mol. The molecule has 3 rings (SSSR count). The first-order chi connectivity index (χ1) is 11.6. The summed E-state index contributed by atoms with van der Waals surface area (Å²) in [5.41, 5.74) is 2.92. The summed E-state index contributed by atoms with van der Waals surface area (Å²) in [7, 11) is 0. The first kappa shape index (κ1) is 16.2. The van der Waals surface area contributed by atoms with E-state index in [9.17, 15) is 4.79 Å². The number of pyridine rings is 1. The van der Waals surface area contributed by atoms with Crippen LogP contribution in [0.2, 0.25) is 0 Å². The van der Waals surface area contributed by atoms with Crippen LogP contribution in [0.4, 0.5) is 0 Å². The smallest absolute Gasteiger partial charge is 0.255 e. The van der Waals surface area contributed by atoms with E-state index < -0.39 is 0 Å². The molecule has 1 aliphatic heterocycles. The summed E-state index contributed by atoms with van der Waals surface area (Å²) in [6.45, 7) is 5.50. The number of nitrogens with zero attached hydrogens (tertiary/aromatic N) is 3. The predicted molar refractivity (Wildman–Crippen MR) is 92.6 cm³/mol. The minimum Gasteiger partial charge on any atom is -0.338 e. The summed E-state index contributed by atoms with van der Waals surface area (Å²) in [6, 6.07) is 15.9. The zero-order valence-corrected chi connectivity index (χ0v) is 14.1. The van der Waals surface area contributed by atoms with Crippen molar-refractivity contribution in [1.82, 2.24) is 9.88 Å². The fourth-order valence-electron chi connectivity index (χ4n) is 3.55. The van der Waals surface area contributed by atoms with Crippen molar-refractivity contribution >= 4 is 5.91 Å². The molecule has 0 aliphatic carbocycles. The lowest BCUT2D eigenvalue weighted by Crippen LogP contribution is -2.42. The van der Waals surface area contributed by atoms with Crippen LogP contribution in [0, 0.1) is 24.2 Å². The summed E-state index contributed by atoms with van der Waals surface area (Å²) in [5, 5.41) is 8.90. The maximum Gasteiger partial charge on any atom is 0.255 e. The van der Waals surface area contributed by atoms with Crippen LogP contribution < -0.4 is 0 Å². The number of carbonyl (C=O) groups excluding carboxylic acids is 1. The van der Waals surface area contributed by atoms with Gasteiger partial charge in [-0.2, -0.15) is 5.26 Å². The number of hydrogen-bond donors (Lipinski definition) is 0. The molecule has 122 valence electrons. The average molecular weight is 319 g/mol. The molecule has 4 nitrogen and oxygen atoms in total. The fourth-order valence-corrected chi connectivity index (χ4v) is 3.55. The molecular weight excluding hydrogens is 298 g/mol. The van der Waals surface area contributed by atoms with Crippen molar-refractivity contribution < 1.29 is 4.79 Å². The Kier molecular flexibility index (Phi) is 4.61. The quantitative estimate of drug-likeness (QED) is 0.851. The maximum atomic E-state index is 12.8. The van der Waals surface area contributed by atoms with E-state index in [4.69, 9.17) is 5.26 Å². The lowest BCUT2D eigenvalue weighted by Gasteiger charge is -2.37. The highest BCUT2D eigenvalue weighted by molar-refractivity contribution is 5.95. The molecule has 1 aromatic carbocycles. The number of aromatic nitrogens is 1. The number of benzene rings is 1. The number of amides is 1. The highest BCUT2D eigenvalue weighted by Gasteiger charge is 2.30. The van der Waals surface area contributed by atoms with Crippen molar-refractivity contribution in [2.24, 2.45) is 5.92 Å². The van der Waals surface area contributed by atoms with E-state index in [2.05, 4.69) is 36.2 Å². The van der Waals surface area contributed by atoms with Gasteiger partial charge in [0.15, 0.2) is 0 Å². The van der Waals surface area contributed by atoms with Crippen molar-refractivity contribution in [1.29, 1.82) is 5.26 Å². The Bertz CT molecular complexity index is 779. The Hall–Kier alpha value is -2.67. The third-order valence-electron chi connectivity index (χ3n) is 4.85. The Morgan fingerprint density at radius 3 is 2.62 bits per heavy atom. The van der Waals surface area contributed by atoms with Crippen LogP contribution in [0.1, 0.15) is 46.6 Å². The standard InChI is InChI=1S/C20H21N3O/c1-14-13-23(11-10-18(14)16-6-4-3-5-7-16)20(24)19-9-8-17(12-21)22-15(19)2/h3-9,14,18H,10-11,13H2,1-2H3.